The van der Waals surface area contributed by atoms with Gasteiger partial charge in [-0.25, -0.2) is 0 Å². The Kier molecular flexibility index (Phi) is 6.85. The summed E-state index contributed by atoms with van der Waals surface area (Å²) < 4.78 is 35.8. The Hall–Kier alpha value is -0.490. The van der Waals surface area contributed by atoms with Crippen LogP contribution in [0.5, 0.6) is 0 Å². The zero-order valence-electron chi connectivity index (χ0n) is 9.64. The van der Waals surface area contributed by atoms with Crippen molar-refractivity contribution in [3.63, 3.8) is 0 Å². The average Bonchev–Trinajstić information content (AvgIpc) is 2.16. The molecule has 0 aliphatic carbocycles. The van der Waals surface area contributed by atoms with Crippen molar-refractivity contribution >= 4 is 18.3 Å². The van der Waals surface area contributed by atoms with E-state index < -0.39 is 18.5 Å². The van der Waals surface area contributed by atoms with Crippen LogP contribution in [0.25, 0.3) is 0 Å². The number of piperidine rings is 1. The van der Waals surface area contributed by atoms with E-state index in [1.54, 1.807) is 6.92 Å². The molecule has 102 valence electrons. The van der Waals surface area contributed by atoms with Crippen molar-refractivity contribution in [3.05, 3.63) is 0 Å². The molecular formula is C10H18ClF3N2O. The third-order valence-electron chi connectivity index (χ3n) is 2.79. The number of carbonyl (C=O) groups excluding carboxylic acids is 1. The second-order valence-electron chi connectivity index (χ2n) is 4.25. The van der Waals surface area contributed by atoms with Crippen LogP contribution in [0.15, 0.2) is 0 Å². The normalized spacial score (nSPS) is 22.5. The van der Waals surface area contributed by atoms with Crippen molar-refractivity contribution in [2.45, 2.75) is 38.4 Å². The minimum absolute atomic E-state index is 0. The van der Waals surface area contributed by atoms with Crippen LogP contribution in [0.1, 0.15) is 26.2 Å². The number of rotatable bonds is 3. The standard InChI is InChI=1S/C10H17F3N2O.ClH/c1-7(8-3-2-4-14-6-8)15-9(16)5-10(11,12)13;/h7-8,14H,2-6H2,1H3,(H,15,16);1H. The molecular weight excluding hydrogens is 257 g/mol. The zero-order chi connectivity index (χ0) is 12.2. The van der Waals surface area contributed by atoms with Crippen molar-refractivity contribution in [3.8, 4) is 0 Å². The highest BCUT2D eigenvalue weighted by Gasteiger charge is 2.32. The minimum Gasteiger partial charge on any atom is -0.353 e. The van der Waals surface area contributed by atoms with E-state index in [0.29, 0.717) is 0 Å². The summed E-state index contributed by atoms with van der Waals surface area (Å²) in [5, 5.41) is 5.57. The van der Waals surface area contributed by atoms with Crippen molar-refractivity contribution in [1.82, 2.24) is 10.6 Å². The smallest absolute Gasteiger partial charge is 0.353 e. The third kappa shape index (κ3) is 6.73. The summed E-state index contributed by atoms with van der Waals surface area (Å²) in [5.41, 5.74) is 0. The molecule has 2 N–H and O–H groups in total. The molecule has 0 radical (unpaired) electrons. The number of nitrogens with one attached hydrogen (secondary N) is 2. The summed E-state index contributed by atoms with van der Waals surface area (Å²) in [7, 11) is 0. The van der Waals surface area contributed by atoms with Crippen molar-refractivity contribution in [2.75, 3.05) is 13.1 Å². The molecule has 1 fully saturated rings. The van der Waals surface area contributed by atoms with E-state index in [4.69, 9.17) is 0 Å². The summed E-state index contributed by atoms with van der Waals surface area (Å²) in [5.74, 6) is -0.712. The first-order chi connectivity index (χ1) is 7.38. The zero-order valence-corrected chi connectivity index (χ0v) is 10.5. The Morgan fingerprint density at radius 3 is 2.65 bits per heavy atom. The maximum atomic E-state index is 11.9. The fraction of sp³-hybridized carbons (Fsp3) is 0.900. The van der Waals surface area contributed by atoms with Gasteiger partial charge in [-0.1, -0.05) is 0 Å². The van der Waals surface area contributed by atoms with E-state index in [0.717, 1.165) is 25.9 Å². The summed E-state index contributed by atoms with van der Waals surface area (Å²) in [6.45, 7) is 3.46. The molecule has 3 nitrogen and oxygen atoms in total. The van der Waals surface area contributed by atoms with Crippen LogP contribution in [-0.4, -0.2) is 31.2 Å². The molecule has 1 amide bonds. The molecule has 0 spiro atoms. The molecule has 1 aliphatic rings. The van der Waals surface area contributed by atoms with Crippen LogP contribution in [-0.2, 0) is 4.79 Å². The number of amides is 1. The van der Waals surface area contributed by atoms with Gasteiger partial charge in [-0.05, 0) is 38.8 Å². The first kappa shape index (κ1) is 16.5. The lowest BCUT2D eigenvalue weighted by molar-refractivity contribution is -0.154. The minimum atomic E-state index is -4.42. The monoisotopic (exact) mass is 274 g/mol. The lowest BCUT2D eigenvalue weighted by atomic mass is 9.93. The number of hydrogen-bond donors (Lipinski definition) is 2. The summed E-state index contributed by atoms with van der Waals surface area (Å²) in [4.78, 5) is 11.1. The molecule has 7 heteroatoms. The van der Waals surface area contributed by atoms with Gasteiger partial charge in [-0.15, -0.1) is 12.4 Å². The van der Waals surface area contributed by atoms with Crippen molar-refractivity contribution in [2.24, 2.45) is 5.92 Å². The second kappa shape index (κ2) is 7.06. The molecule has 1 rings (SSSR count). The first-order valence-electron chi connectivity index (χ1n) is 5.45. The van der Waals surface area contributed by atoms with Crippen molar-refractivity contribution < 1.29 is 18.0 Å². The Balaban J connectivity index is 0.00000256. The van der Waals surface area contributed by atoms with E-state index in [1.165, 1.54) is 0 Å². The van der Waals surface area contributed by atoms with Gasteiger partial charge < -0.3 is 10.6 Å². The van der Waals surface area contributed by atoms with E-state index in [2.05, 4.69) is 10.6 Å². The Bertz CT molecular complexity index is 242. The van der Waals surface area contributed by atoms with Gasteiger partial charge in [0.25, 0.3) is 0 Å². The quantitative estimate of drug-likeness (QED) is 0.825. The number of alkyl halides is 3. The van der Waals surface area contributed by atoms with Crippen LogP contribution in [0.2, 0.25) is 0 Å². The van der Waals surface area contributed by atoms with E-state index in [9.17, 15) is 18.0 Å². The number of hydrogen-bond acceptors (Lipinski definition) is 2. The predicted octanol–water partition coefficient (Wildman–Crippen LogP) is 1.86. The van der Waals surface area contributed by atoms with E-state index in [-0.39, 0.29) is 24.4 Å². The molecule has 0 aromatic heterocycles. The molecule has 2 atom stereocenters. The number of carbonyl (C=O) groups is 1. The van der Waals surface area contributed by atoms with Gasteiger partial charge in [0, 0.05) is 6.04 Å². The highest BCUT2D eigenvalue weighted by Crippen LogP contribution is 2.20. The van der Waals surface area contributed by atoms with Gasteiger partial charge in [-0.2, -0.15) is 13.2 Å². The summed E-state index contributed by atoms with van der Waals surface area (Å²) in [6.07, 6.45) is -3.86. The Morgan fingerprint density at radius 2 is 2.18 bits per heavy atom. The molecule has 1 saturated heterocycles. The van der Waals surface area contributed by atoms with Gasteiger partial charge in [0.1, 0.15) is 6.42 Å². The molecule has 1 heterocycles. The van der Waals surface area contributed by atoms with Gasteiger partial charge in [-0.3, -0.25) is 4.79 Å². The molecule has 0 aromatic carbocycles. The lowest BCUT2D eigenvalue weighted by Gasteiger charge is -2.29. The van der Waals surface area contributed by atoms with Crippen LogP contribution >= 0.6 is 12.4 Å². The van der Waals surface area contributed by atoms with E-state index in [1.807, 2.05) is 0 Å². The van der Waals surface area contributed by atoms with Gasteiger partial charge in [0.05, 0.1) is 0 Å². The van der Waals surface area contributed by atoms with Gasteiger partial charge >= 0.3 is 6.18 Å². The SMILES string of the molecule is CC(NC(=O)CC(F)(F)F)C1CCCNC1.Cl. The fourth-order valence-corrected chi connectivity index (χ4v) is 1.91. The first-order valence-corrected chi connectivity index (χ1v) is 5.45. The highest BCUT2D eigenvalue weighted by molar-refractivity contribution is 5.85. The third-order valence-corrected chi connectivity index (χ3v) is 2.79. The van der Waals surface area contributed by atoms with Crippen LogP contribution < -0.4 is 10.6 Å². The topological polar surface area (TPSA) is 41.1 Å². The van der Waals surface area contributed by atoms with Crippen LogP contribution in [0.4, 0.5) is 13.2 Å². The molecule has 0 saturated carbocycles. The number of halogens is 4. The van der Waals surface area contributed by atoms with Gasteiger partial charge in [0.15, 0.2) is 0 Å². The molecule has 1 aliphatic heterocycles. The van der Waals surface area contributed by atoms with E-state index >= 15 is 0 Å². The fourth-order valence-electron chi connectivity index (χ4n) is 1.91. The van der Waals surface area contributed by atoms with Crippen molar-refractivity contribution in [1.29, 1.82) is 0 Å². The van der Waals surface area contributed by atoms with Gasteiger partial charge in [0.2, 0.25) is 5.91 Å². The second-order valence-corrected chi connectivity index (χ2v) is 4.25. The highest BCUT2D eigenvalue weighted by atomic mass is 35.5. The molecule has 0 bridgehead atoms. The molecule has 0 aromatic rings. The molecule has 17 heavy (non-hydrogen) atoms. The van der Waals surface area contributed by atoms with Crippen LogP contribution in [0.3, 0.4) is 0 Å². The summed E-state index contributed by atoms with van der Waals surface area (Å²) in [6, 6.07) is -0.206. The lowest BCUT2D eigenvalue weighted by Crippen LogP contribution is -2.45. The molecule has 2 unspecified atom stereocenters. The Labute approximate surface area is 105 Å². The maximum absolute atomic E-state index is 11.9. The summed E-state index contributed by atoms with van der Waals surface area (Å²) >= 11 is 0. The Morgan fingerprint density at radius 1 is 1.53 bits per heavy atom. The van der Waals surface area contributed by atoms with Crippen LogP contribution in [0, 0.1) is 5.92 Å². The predicted molar refractivity (Wildman–Crippen MR) is 61.1 cm³/mol. The largest absolute Gasteiger partial charge is 0.397 e. The average molecular weight is 275 g/mol. The maximum Gasteiger partial charge on any atom is 0.397 e.